The number of hydrogen-bond acceptors (Lipinski definition) is 5. The summed E-state index contributed by atoms with van der Waals surface area (Å²) in [6.07, 6.45) is 3.01. The number of ether oxygens (including phenoxy) is 3. The number of rotatable bonds is 11. The Kier molecular flexibility index (Phi) is 10.1. The minimum Gasteiger partial charge on any atom is -0.466 e. The molecule has 4 rings (SSSR count). The predicted molar refractivity (Wildman–Crippen MR) is 146 cm³/mol. The number of hydrogen-bond donors (Lipinski definition) is 0. The van der Waals surface area contributed by atoms with Crippen LogP contribution in [-0.2, 0) is 32.2 Å². The van der Waals surface area contributed by atoms with E-state index in [4.69, 9.17) is 14.2 Å². The average Bonchev–Trinajstić information content (AvgIpc) is 2.96. The molecule has 3 aromatic carbocycles. The van der Waals surface area contributed by atoms with Gasteiger partial charge in [-0.05, 0) is 36.5 Å². The van der Waals surface area contributed by atoms with Gasteiger partial charge in [0.15, 0.2) is 0 Å². The number of methoxy groups -OCH3 is 1. The van der Waals surface area contributed by atoms with Gasteiger partial charge in [-0.15, -0.1) is 0 Å². The Morgan fingerprint density at radius 2 is 1.51 bits per heavy atom. The quantitative estimate of drug-likeness (QED) is 0.235. The lowest BCUT2D eigenvalue weighted by atomic mass is 9.90. The van der Waals surface area contributed by atoms with Gasteiger partial charge in [-0.2, -0.15) is 0 Å². The van der Waals surface area contributed by atoms with E-state index in [1.54, 1.807) is 6.08 Å². The van der Waals surface area contributed by atoms with E-state index < -0.39 is 0 Å². The monoisotopic (exact) mass is 499 g/mol. The van der Waals surface area contributed by atoms with E-state index in [9.17, 15) is 4.79 Å². The van der Waals surface area contributed by atoms with Gasteiger partial charge in [0.1, 0.15) is 0 Å². The van der Waals surface area contributed by atoms with Crippen molar-refractivity contribution in [3.8, 4) is 0 Å². The first-order valence-electron chi connectivity index (χ1n) is 13.0. The van der Waals surface area contributed by atoms with Gasteiger partial charge in [-0.1, -0.05) is 96.6 Å². The molecule has 0 aliphatic carbocycles. The van der Waals surface area contributed by atoms with Crippen LogP contribution in [0.4, 0.5) is 0 Å². The normalized spacial score (nSPS) is 18.9. The van der Waals surface area contributed by atoms with E-state index in [0.717, 1.165) is 36.1 Å². The number of carbonyl (C=O) groups excluding carboxylic acids is 1. The van der Waals surface area contributed by atoms with Gasteiger partial charge in [0.2, 0.25) is 0 Å². The smallest absolute Gasteiger partial charge is 0.330 e. The van der Waals surface area contributed by atoms with Gasteiger partial charge in [0.25, 0.3) is 0 Å². The lowest BCUT2D eigenvalue weighted by Gasteiger charge is -2.44. The summed E-state index contributed by atoms with van der Waals surface area (Å²) >= 11 is 0. The fourth-order valence-electron chi connectivity index (χ4n) is 4.95. The molecule has 5 nitrogen and oxygen atoms in total. The summed E-state index contributed by atoms with van der Waals surface area (Å²) in [6, 6.07) is 31.2. The molecule has 0 saturated carbocycles. The summed E-state index contributed by atoms with van der Waals surface area (Å²) < 4.78 is 17.8. The highest BCUT2D eigenvalue weighted by Gasteiger charge is 2.36. The second-order valence-corrected chi connectivity index (χ2v) is 9.51. The van der Waals surface area contributed by atoms with Crippen molar-refractivity contribution in [2.75, 3.05) is 20.3 Å². The van der Waals surface area contributed by atoms with Crippen LogP contribution in [0.25, 0.3) is 0 Å². The minimum atomic E-state index is -0.305. The van der Waals surface area contributed by atoms with Crippen LogP contribution in [0.15, 0.2) is 103 Å². The third-order valence-electron chi connectivity index (χ3n) is 7.02. The van der Waals surface area contributed by atoms with Crippen LogP contribution in [0.1, 0.15) is 42.5 Å². The maximum Gasteiger partial charge on any atom is 0.330 e. The number of benzene rings is 3. The molecule has 37 heavy (non-hydrogen) atoms. The molecule has 1 saturated heterocycles. The first-order valence-corrected chi connectivity index (χ1v) is 13.0. The van der Waals surface area contributed by atoms with E-state index in [1.165, 1.54) is 12.7 Å². The molecule has 194 valence electrons. The van der Waals surface area contributed by atoms with Crippen molar-refractivity contribution < 1.29 is 19.0 Å². The highest BCUT2D eigenvalue weighted by molar-refractivity contribution is 5.82. The van der Waals surface area contributed by atoms with Crippen molar-refractivity contribution in [3.63, 3.8) is 0 Å². The van der Waals surface area contributed by atoms with Crippen LogP contribution >= 0.6 is 0 Å². The number of nitrogens with zero attached hydrogens (tertiary/aromatic N) is 1. The van der Waals surface area contributed by atoms with Crippen molar-refractivity contribution in [2.45, 2.75) is 51.2 Å². The molecule has 0 bridgehead atoms. The van der Waals surface area contributed by atoms with Crippen molar-refractivity contribution in [1.82, 2.24) is 4.90 Å². The molecular formula is C32H37NO4. The molecule has 0 N–H and O–H groups in total. The fourth-order valence-corrected chi connectivity index (χ4v) is 4.95. The van der Waals surface area contributed by atoms with E-state index in [2.05, 4.69) is 60.4 Å². The number of piperidine rings is 1. The zero-order valence-electron chi connectivity index (χ0n) is 21.8. The first-order chi connectivity index (χ1) is 18.1. The Bertz CT molecular complexity index is 1120. The molecular weight excluding hydrogens is 462 g/mol. The summed E-state index contributed by atoms with van der Waals surface area (Å²) in [5.74, 6) is -0.305. The molecule has 1 heterocycles. The maximum absolute atomic E-state index is 12.1. The van der Waals surface area contributed by atoms with Gasteiger partial charge in [-0.3, -0.25) is 4.90 Å². The second kappa shape index (κ2) is 13.9. The Morgan fingerprint density at radius 1 is 0.919 bits per heavy atom. The van der Waals surface area contributed by atoms with Crippen LogP contribution in [0, 0.1) is 0 Å². The van der Waals surface area contributed by atoms with Crippen molar-refractivity contribution >= 4 is 5.97 Å². The van der Waals surface area contributed by atoms with Crippen LogP contribution in [-0.4, -0.2) is 43.3 Å². The van der Waals surface area contributed by atoms with Crippen molar-refractivity contribution in [1.29, 1.82) is 0 Å². The molecule has 3 aromatic rings. The number of esters is 1. The largest absolute Gasteiger partial charge is 0.466 e. The molecule has 0 unspecified atom stereocenters. The summed E-state index contributed by atoms with van der Waals surface area (Å²) in [5.41, 5.74) is 4.61. The van der Waals surface area contributed by atoms with Crippen LogP contribution in [0.5, 0.6) is 0 Å². The van der Waals surface area contributed by atoms with Crippen LogP contribution < -0.4 is 0 Å². The van der Waals surface area contributed by atoms with Gasteiger partial charge in [0, 0.05) is 24.7 Å². The number of carbonyl (C=O) groups is 1. The van der Waals surface area contributed by atoms with Crippen LogP contribution in [0.2, 0.25) is 0 Å². The minimum absolute atomic E-state index is 0.0411. The van der Waals surface area contributed by atoms with Gasteiger partial charge in [0.05, 0.1) is 33.0 Å². The van der Waals surface area contributed by atoms with E-state index in [-0.39, 0.29) is 24.2 Å². The average molecular weight is 500 g/mol. The predicted octanol–water partition coefficient (Wildman–Crippen LogP) is 6.11. The summed E-state index contributed by atoms with van der Waals surface area (Å²) in [5, 5.41) is 0. The van der Waals surface area contributed by atoms with Crippen molar-refractivity contribution in [2.24, 2.45) is 0 Å². The molecule has 0 spiro atoms. The Balaban J connectivity index is 1.58. The van der Waals surface area contributed by atoms with E-state index in [1.807, 2.05) is 42.5 Å². The first kappa shape index (κ1) is 26.8. The fraction of sp³-hybridized carbons (Fsp3) is 0.344. The maximum atomic E-state index is 12.1. The van der Waals surface area contributed by atoms with Crippen molar-refractivity contribution in [3.05, 3.63) is 119 Å². The van der Waals surface area contributed by atoms with E-state index >= 15 is 0 Å². The topological polar surface area (TPSA) is 48.0 Å². The zero-order valence-corrected chi connectivity index (χ0v) is 21.8. The summed E-state index contributed by atoms with van der Waals surface area (Å²) in [4.78, 5) is 14.6. The lowest BCUT2D eigenvalue weighted by Crippen LogP contribution is -2.50. The van der Waals surface area contributed by atoms with Crippen LogP contribution in [0.3, 0.4) is 0 Å². The lowest BCUT2D eigenvalue weighted by molar-refractivity contribution is -0.135. The molecule has 3 atom stereocenters. The van der Waals surface area contributed by atoms with E-state index in [0.29, 0.717) is 19.8 Å². The molecule has 0 aromatic heterocycles. The number of likely N-dealkylation sites (tertiary alicyclic amines) is 1. The standard InChI is InChI=1S/C32H37NO4/c1-25(29-16-10-5-11-17-29)33-19-18-28(21-32(34)35-2)20-30(33)31(37-23-27-14-8-4-9-15-27)24-36-22-26-12-6-3-7-13-26/h3-17,21,25,30-31H,18-20,22-24H2,1-2H3/b28-21+/t25-,30-,31+/m0/s1. The van der Waals surface area contributed by atoms with Gasteiger partial charge < -0.3 is 14.2 Å². The zero-order chi connectivity index (χ0) is 25.9. The highest BCUT2D eigenvalue weighted by atomic mass is 16.5. The third-order valence-corrected chi connectivity index (χ3v) is 7.02. The highest BCUT2D eigenvalue weighted by Crippen LogP contribution is 2.33. The Hall–Kier alpha value is -3.25. The molecule has 5 heteroatoms. The third kappa shape index (κ3) is 7.86. The molecule has 0 amide bonds. The molecule has 1 fully saturated rings. The SMILES string of the molecule is COC(=O)/C=C1\CCN([C@@H](C)c2ccccc2)[C@H]([C@@H](COCc2ccccc2)OCc2ccccc2)C1. The van der Waals surface area contributed by atoms with Gasteiger partial charge in [-0.25, -0.2) is 4.79 Å². The Labute approximate surface area is 220 Å². The summed E-state index contributed by atoms with van der Waals surface area (Å²) in [6.45, 7) is 4.55. The molecule has 0 radical (unpaired) electrons. The summed E-state index contributed by atoms with van der Waals surface area (Å²) in [7, 11) is 1.42. The molecule has 1 aliphatic heterocycles. The Morgan fingerprint density at radius 3 is 2.14 bits per heavy atom. The van der Waals surface area contributed by atoms with Gasteiger partial charge >= 0.3 is 5.97 Å². The molecule has 1 aliphatic rings. The second-order valence-electron chi connectivity index (χ2n) is 9.51.